The van der Waals surface area contributed by atoms with Crippen molar-refractivity contribution in [3.05, 3.63) is 102 Å². The van der Waals surface area contributed by atoms with E-state index in [-0.39, 0.29) is 0 Å². The maximum absolute atomic E-state index is 5.94. The van der Waals surface area contributed by atoms with Crippen molar-refractivity contribution >= 4 is 11.3 Å². The first kappa shape index (κ1) is 23.3. The van der Waals surface area contributed by atoms with Crippen molar-refractivity contribution in [2.75, 3.05) is 31.6 Å². The number of anilines is 1. The van der Waals surface area contributed by atoms with Gasteiger partial charge in [0, 0.05) is 36.3 Å². The molecule has 1 N–H and O–H groups in total. The zero-order valence-corrected chi connectivity index (χ0v) is 20.8. The standard InChI is InChI=1S/C30H31N5O2/c1-2-16-34(15-1)17-19-37-27-12-6-23(7-13-27)20-29-32-30-5-3-4-28(35(30)33-29)25-8-10-26(11-9-25)31-21-24-14-18-36-22-24/h3-14,18,22,31H,1-2,15-17,19-21H2. The average molecular weight is 494 g/mol. The van der Waals surface area contributed by atoms with E-state index in [4.69, 9.17) is 19.2 Å². The summed E-state index contributed by atoms with van der Waals surface area (Å²) in [4.78, 5) is 7.24. The fourth-order valence-corrected chi connectivity index (χ4v) is 4.78. The normalized spacial score (nSPS) is 13.8. The predicted octanol–water partition coefficient (Wildman–Crippen LogP) is 5.67. The van der Waals surface area contributed by atoms with Gasteiger partial charge in [0.2, 0.25) is 0 Å². The van der Waals surface area contributed by atoms with Crippen LogP contribution in [0.1, 0.15) is 29.8 Å². The van der Waals surface area contributed by atoms with Crippen molar-refractivity contribution in [1.29, 1.82) is 0 Å². The number of aromatic nitrogens is 3. The molecule has 3 aromatic heterocycles. The highest BCUT2D eigenvalue weighted by atomic mass is 16.5. The second kappa shape index (κ2) is 10.9. The number of hydrogen-bond acceptors (Lipinski definition) is 6. The SMILES string of the molecule is c1cc(-c2ccc(NCc3ccoc3)cc2)n2nc(Cc3ccc(OCCN4CCCC4)cc3)nc2c1. The van der Waals surface area contributed by atoms with Gasteiger partial charge in [0.05, 0.1) is 18.2 Å². The van der Waals surface area contributed by atoms with Gasteiger partial charge < -0.3 is 14.5 Å². The molecule has 0 saturated carbocycles. The number of rotatable bonds is 10. The Kier molecular flexibility index (Phi) is 6.86. The van der Waals surface area contributed by atoms with Crippen LogP contribution in [-0.2, 0) is 13.0 Å². The summed E-state index contributed by atoms with van der Waals surface area (Å²) in [5, 5.41) is 8.25. The molecule has 0 bridgehead atoms. The highest BCUT2D eigenvalue weighted by Crippen LogP contribution is 2.23. The van der Waals surface area contributed by atoms with Crippen LogP contribution in [0.2, 0.25) is 0 Å². The van der Waals surface area contributed by atoms with Crippen LogP contribution in [0.15, 0.2) is 89.7 Å². The monoisotopic (exact) mass is 493 g/mol. The summed E-state index contributed by atoms with van der Waals surface area (Å²) < 4.78 is 13.0. The Morgan fingerprint density at radius 3 is 2.51 bits per heavy atom. The summed E-state index contributed by atoms with van der Waals surface area (Å²) in [5.74, 6) is 1.71. The zero-order valence-electron chi connectivity index (χ0n) is 20.8. The number of nitrogens with zero attached hydrogens (tertiary/aromatic N) is 4. The Hall–Kier alpha value is -4.10. The lowest BCUT2D eigenvalue weighted by molar-refractivity contribution is 0.238. The van der Waals surface area contributed by atoms with Crippen molar-refractivity contribution in [3.63, 3.8) is 0 Å². The Balaban J connectivity index is 1.10. The average Bonchev–Trinajstić information content (AvgIpc) is 3.71. The smallest absolute Gasteiger partial charge is 0.156 e. The van der Waals surface area contributed by atoms with Gasteiger partial charge in [-0.1, -0.05) is 30.3 Å². The van der Waals surface area contributed by atoms with Crippen LogP contribution in [-0.4, -0.2) is 45.7 Å². The zero-order chi connectivity index (χ0) is 24.9. The quantitative estimate of drug-likeness (QED) is 0.271. The number of ether oxygens (including phenoxy) is 1. The van der Waals surface area contributed by atoms with Crippen molar-refractivity contribution in [2.45, 2.75) is 25.8 Å². The highest BCUT2D eigenvalue weighted by molar-refractivity contribution is 5.65. The van der Waals surface area contributed by atoms with E-state index in [0.29, 0.717) is 6.42 Å². The number of nitrogens with one attached hydrogen (secondary N) is 1. The Morgan fingerprint density at radius 2 is 1.73 bits per heavy atom. The highest BCUT2D eigenvalue weighted by Gasteiger charge is 2.12. The number of pyridine rings is 1. The third-order valence-corrected chi connectivity index (χ3v) is 6.82. The molecule has 6 rings (SSSR count). The van der Waals surface area contributed by atoms with E-state index in [9.17, 15) is 0 Å². The minimum Gasteiger partial charge on any atom is -0.492 e. The van der Waals surface area contributed by atoms with Crippen LogP contribution in [0.5, 0.6) is 5.75 Å². The summed E-state index contributed by atoms with van der Waals surface area (Å²) >= 11 is 0. The van der Waals surface area contributed by atoms with Gasteiger partial charge in [0.15, 0.2) is 11.5 Å². The van der Waals surface area contributed by atoms with Crippen molar-refractivity contribution < 1.29 is 9.15 Å². The fourth-order valence-electron chi connectivity index (χ4n) is 4.78. The molecule has 7 heteroatoms. The van der Waals surface area contributed by atoms with Crippen LogP contribution in [0.4, 0.5) is 5.69 Å². The predicted molar refractivity (Wildman–Crippen MR) is 145 cm³/mol. The van der Waals surface area contributed by atoms with Crippen LogP contribution in [0.25, 0.3) is 16.9 Å². The van der Waals surface area contributed by atoms with Crippen molar-refractivity contribution in [3.8, 4) is 17.0 Å². The van der Waals surface area contributed by atoms with Gasteiger partial charge in [0.1, 0.15) is 12.4 Å². The minimum atomic E-state index is 0.673. The third-order valence-electron chi connectivity index (χ3n) is 6.82. The molecule has 5 aromatic rings. The molecule has 7 nitrogen and oxygen atoms in total. The lowest BCUT2D eigenvalue weighted by Gasteiger charge is -2.14. The number of furan rings is 1. The molecule has 0 radical (unpaired) electrons. The molecule has 0 spiro atoms. The second-order valence-electron chi connectivity index (χ2n) is 9.49. The third kappa shape index (κ3) is 5.67. The van der Waals surface area contributed by atoms with E-state index < -0.39 is 0 Å². The van der Waals surface area contributed by atoms with Gasteiger partial charge >= 0.3 is 0 Å². The van der Waals surface area contributed by atoms with Gasteiger partial charge in [-0.15, -0.1) is 0 Å². The van der Waals surface area contributed by atoms with Gasteiger partial charge in [-0.2, -0.15) is 5.10 Å². The van der Waals surface area contributed by atoms with Crippen LogP contribution in [0.3, 0.4) is 0 Å². The molecule has 0 atom stereocenters. The first-order valence-electron chi connectivity index (χ1n) is 12.9. The van der Waals surface area contributed by atoms with Crippen LogP contribution in [0, 0.1) is 0 Å². The van der Waals surface area contributed by atoms with Gasteiger partial charge in [-0.3, -0.25) is 4.90 Å². The molecule has 188 valence electrons. The van der Waals surface area contributed by atoms with E-state index >= 15 is 0 Å². The summed E-state index contributed by atoms with van der Waals surface area (Å²) in [6.07, 6.45) is 6.73. The maximum atomic E-state index is 5.94. The molecule has 2 aromatic carbocycles. The lowest BCUT2D eigenvalue weighted by atomic mass is 10.1. The Morgan fingerprint density at radius 1 is 0.892 bits per heavy atom. The van der Waals surface area contributed by atoms with E-state index in [2.05, 4.69) is 52.7 Å². The van der Waals surface area contributed by atoms with Crippen LogP contribution < -0.4 is 10.1 Å². The fraction of sp³-hybridized carbons (Fsp3) is 0.267. The summed E-state index contributed by atoms with van der Waals surface area (Å²) in [5.41, 5.74) is 6.28. The minimum absolute atomic E-state index is 0.673. The van der Waals surface area contributed by atoms with Crippen LogP contribution >= 0.6 is 0 Å². The summed E-state index contributed by atoms with van der Waals surface area (Å²) in [6.45, 7) is 4.86. The number of fused-ring (bicyclic) bond motifs is 1. The largest absolute Gasteiger partial charge is 0.492 e. The Bertz CT molecular complexity index is 1420. The van der Waals surface area contributed by atoms with Gasteiger partial charge in [0.25, 0.3) is 0 Å². The van der Waals surface area contributed by atoms with E-state index in [1.165, 1.54) is 25.9 Å². The molecule has 1 aliphatic heterocycles. The summed E-state index contributed by atoms with van der Waals surface area (Å²) in [7, 11) is 0. The molecule has 1 saturated heterocycles. The first-order chi connectivity index (χ1) is 18.3. The maximum Gasteiger partial charge on any atom is 0.156 e. The number of benzene rings is 2. The molecule has 37 heavy (non-hydrogen) atoms. The molecule has 1 fully saturated rings. The van der Waals surface area contributed by atoms with Gasteiger partial charge in [-0.25, -0.2) is 9.50 Å². The topological polar surface area (TPSA) is 67.8 Å². The lowest BCUT2D eigenvalue weighted by Crippen LogP contribution is -2.25. The molecule has 1 aliphatic rings. The van der Waals surface area contributed by atoms with E-state index in [1.54, 1.807) is 12.5 Å². The number of hydrogen-bond donors (Lipinski definition) is 1. The van der Waals surface area contributed by atoms with E-state index in [1.807, 2.05) is 34.8 Å². The molecular weight excluding hydrogens is 462 g/mol. The van der Waals surface area contributed by atoms with Gasteiger partial charge in [-0.05, 0) is 74.0 Å². The molecule has 4 heterocycles. The van der Waals surface area contributed by atoms with E-state index in [0.717, 1.165) is 65.0 Å². The molecular formula is C30H31N5O2. The second-order valence-corrected chi connectivity index (χ2v) is 9.49. The number of likely N-dealkylation sites (tertiary alicyclic amines) is 1. The molecule has 0 aliphatic carbocycles. The Labute approximate surface area is 216 Å². The van der Waals surface area contributed by atoms with Crippen molar-refractivity contribution in [1.82, 2.24) is 19.5 Å². The van der Waals surface area contributed by atoms with Crippen molar-refractivity contribution in [2.24, 2.45) is 0 Å². The molecule has 0 amide bonds. The molecule has 0 unspecified atom stereocenters. The summed E-state index contributed by atoms with van der Waals surface area (Å²) in [6, 6.07) is 24.7. The first-order valence-corrected chi connectivity index (χ1v) is 12.9.